The minimum absolute atomic E-state index is 0.125. The van der Waals surface area contributed by atoms with Crippen molar-refractivity contribution in [3.8, 4) is 0 Å². The molecule has 3 atom stereocenters. The molecular formula is C52H56N4O4S2. The average molecular weight is 865 g/mol. The molecule has 0 aliphatic carbocycles. The number of carbonyl (C=O) groups excluding carboxylic acids is 3. The Labute approximate surface area is 374 Å². The van der Waals surface area contributed by atoms with Crippen LogP contribution in [-0.2, 0) is 38.3 Å². The van der Waals surface area contributed by atoms with Crippen LogP contribution in [0.1, 0.15) is 90.1 Å². The van der Waals surface area contributed by atoms with Gasteiger partial charge in [0.25, 0.3) is 5.91 Å². The average Bonchev–Trinajstić information content (AvgIpc) is 3.97. The van der Waals surface area contributed by atoms with E-state index in [1.54, 1.807) is 24.5 Å². The Balaban J connectivity index is 1.17. The number of hydrogen-bond acceptors (Lipinski definition) is 9. The van der Waals surface area contributed by atoms with Gasteiger partial charge in [-0.1, -0.05) is 109 Å². The normalized spacial score (nSPS) is 15.7. The number of carbonyl (C=O) groups is 3. The maximum Gasteiger partial charge on any atom is 0.330 e. The summed E-state index contributed by atoms with van der Waals surface area (Å²) < 4.78 is 5.58. The number of ketones is 1. The van der Waals surface area contributed by atoms with Crippen molar-refractivity contribution in [2.75, 3.05) is 17.2 Å². The van der Waals surface area contributed by atoms with Gasteiger partial charge >= 0.3 is 5.97 Å². The topological polar surface area (TPSA) is 109 Å². The fourth-order valence-electron chi connectivity index (χ4n) is 8.18. The zero-order valence-electron chi connectivity index (χ0n) is 35.9. The summed E-state index contributed by atoms with van der Waals surface area (Å²) >= 11 is 3.51. The zero-order chi connectivity index (χ0) is 43.5. The smallest absolute Gasteiger partial charge is 0.330 e. The minimum atomic E-state index is -0.747. The summed E-state index contributed by atoms with van der Waals surface area (Å²) in [6, 6.07) is 44.6. The van der Waals surface area contributed by atoms with E-state index in [0.717, 1.165) is 29.0 Å². The maximum absolute atomic E-state index is 14.3. The van der Waals surface area contributed by atoms with Crippen LogP contribution in [0.4, 0.5) is 11.4 Å². The summed E-state index contributed by atoms with van der Waals surface area (Å²) in [4.78, 5) is 44.5. The molecule has 5 aromatic carbocycles. The fraction of sp³-hybridized carbons (Fsp3) is 0.308. The molecular weight excluding hydrogens is 809 g/mol. The number of anilines is 2. The van der Waals surface area contributed by atoms with Crippen LogP contribution in [0.25, 0.3) is 0 Å². The van der Waals surface area contributed by atoms with Crippen molar-refractivity contribution in [1.82, 2.24) is 10.3 Å². The lowest BCUT2D eigenvalue weighted by atomic mass is 9.84. The van der Waals surface area contributed by atoms with E-state index in [0.29, 0.717) is 49.2 Å². The number of ether oxygens (including phenoxy) is 1. The molecule has 2 heterocycles. The largest absolute Gasteiger partial charge is 0.458 e. The van der Waals surface area contributed by atoms with Gasteiger partial charge in [0.05, 0.1) is 9.75 Å². The van der Waals surface area contributed by atoms with Gasteiger partial charge < -0.3 is 25.5 Å². The number of Topliss-reactive ketones (excluding diaryl/α,β-unsaturated/α-hetero) is 1. The van der Waals surface area contributed by atoms with Crippen molar-refractivity contribution < 1.29 is 19.1 Å². The molecule has 320 valence electrons. The molecule has 6 aromatic rings. The van der Waals surface area contributed by atoms with Crippen LogP contribution in [-0.4, -0.2) is 52.1 Å². The molecule has 62 heavy (non-hydrogen) atoms. The van der Waals surface area contributed by atoms with Gasteiger partial charge in [0.2, 0.25) is 0 Å². The van der Waals surface area contributed by atoms with Gasteiger partial charge in [0, 0.05) is 59.2 Å². The van der Waals surface area contributed by atoms with Crippen molar-refractivity contribution in [1.29, 1.82) is 0 Å². The second kappa shape index (κ2) is 20.5. The van der Waals surface area contributed by atoms with E-state index >= 15 is 0 Å². The number of aromatic nitrogens is 1. The number of amides is 1. The summed E-state index contributed by atoms with van der Waals surface area (Å²) in [5.41, 5.74) is 6.63. The highest BCUT2D eigenvalue weighted by Gasteiger charge is 2.44. The third-order valence-corrected chi connectivity index (χ3v) is 13.6. The number of thioether (sulfide) groups is 1. The molecule has 0 saturated carbocycles. The van der Waals surface area contributed by atoms with Crippen LogP contribution in [0, 0.1) is 0 Å². The Bertz CT molecular complexity index is 2310. The first-order valence-electron chi connectivity index (χ1n) is 21.4. The monoisotopic (exact) mass is 864 g/mol. The van der Waals surface area contributed by atoms with Crippen molar-refractivity contribution >= 4 is 52.1 Å². The fourth-order valence-corrected chi connectivity index (χ4v) is 10.6. The number of rotatable bonds is 18. The molecule has 1 fully saturated rings. The first-order valence-corrected chi connectivity index (χ1v) is 23.2. The molecule has 1 aromatic heterocycles. The van der Waals surface area contributed by atoms with Gasteiger partial charge in [0.1, 0.15) is 17.4 Å². The van der Waals surface area contributed by atoms with Gasteiger partial charge in [-0.15, -0.1) is 23.1 Å². The molecule has 8 nitrogen and oxygen atoms in total. The summed E-state index contributed by atoms with van der Waals surface area (Å²) in [7, 11) is 0. The first-order chi connectivity index (χ1) is 30.0. The highest BCUT2D eigenvalue weighted by Crippen LogP contribution is 2.51. The second-order valence-corrected chi connectivity index (χ2v) is 19.4. The van der Waals surface area contributed by atoms with Crippen molar-refractivity contribution in [3.63, 3.8) is 0 Å². The van der Waals surface area contributed by atoms with E-state index in [1.165, 1.54) is 16.7 Å². The number of hydrogen-bond donors (Lipinski definition) is 3. The molecule has 3 N–H and O–H groups in total. The van der Waals surface area contributed by atoms with Crippen LogP contribution in [0.5, 0.6) is 0 Å². The molecule has 3 unspecified atom stereocenters. The van der Waals surface area contributed by atoms with Crippen LogP contribution < -0.4 is 16.0 Å². The maximum atomic E-state index is 14.3. The van der Waals surface area contributed by atoms with E-state index in [9.17, 15) is 14.4 Å². The Hall–Kier alpha value is -5.55. The Morgan fingerprint density at radius 2 is 1.47 bits per heavy atom. The van der Waals surface area contributed by atoms with Crippen molar-refractivity contribution in [2.45, 2.75) is 93.9 Å². The van der Waals surface area contributed by atoms with Gasteiger partial charge in [-0.3, -0.25) is 4.79 Å². The minimum Gasteiger partial charge on any atom is -0.458 e. The second-order valence-electron chi connectivity index (χ2n) is 16.9. The van der Waals surface area contributed by atoms with Crippen LogP contribution in [0.3, 0.4) is 0 Å². The van der Waals surface area contributed by atoms with Crippen molar-refractivity contribution in [3.05, 3.63) is 183 Å². The third kappa shape index (κ3) is 11.5. The zero-order valence-corrected chi connectivity index (χ0v) is 37.6. The Kier molecular flexibility index (Phi) is 14.7. The quantitative estimate of drug-likeness (QED) is 0.0579. The van der Waals surface area contributed by atoms with Crippen LogP contribution in [0.2, 0.25) is 0 Å². The van der Waals surface area contributed by atoms with E-state index < -0.39 is 16.4 Å². The molecule has 0 spiro atoms. The third-order valence-electron chi connectivity index (χ3n) is 11.0. The lowest BCUT2D eigenvalue weighted by Crippen LogP contribution is -2.48. The molecule has 1 aliphatic heterocycles. The Morgan fingerprint density at radius 1 is 0.806 bits per heavy atom. The molecule has 7 rings (SSSR count). The van der Waals surface area contributed by atoms with Crippen LogP contribution >= 0.6 is 23.1 Å². The molecule has 0 radical (unpaired) electrons. The lowest BCUT2D eigenvalue weighted by molar-refractivity contribution is -0.156. The van der Waals surface area contributed by atoms with Gasteiger partial charge in [-0.2, -0.15) is 0 Å². The molecule has 1 saturated heterocycles. The lowest BCUT2D eigenvalue weighted by Gasteiger charge is -2.37. The van der Waals surface area contributed by atoms with E-state index in [4.69, 9.17) is 4.74 Å². The van der Waals surface area contributed by atoms with E-state index in [-0.39, 0.29) is 29.0 Å². The predicted octanol–water partition coefficient (Wildman–Crippen LogP) is 10.7. The summed E-state index contributed by atoms with van der Waals surface area (Å²) in [6.07, 6.45) is 5.82. The van der Waals surface area contributed by atoms with Gasteiger partial charge in [-0.05, 0) is 105 Å². The van der Waals surface area contributed by atoms with Gasteiger partial charge in [-0.25, -0.2) is 9.78 Å². The highest BCUT2D eigenvalue weighted by atomic mass is 32.2. The van der Waals surface area contributed by atoms with E-state index in [2.05, 4.69) is 112 Å². The Morgan fingerprint density at radius 3 is 2.06 bits per heavy atom. The predicted molar refractivity (Wildman–Crippen MR) is 254 cm³/mol. The molecule has 1 amide bonds. The standard InChI is InChI=1S/C52H56N4O4S2/c1-36(57)16-14-17-37-18-15-25-42(32-37)56-49(58)45-33-43(28-26-38(45)27-29-47-53-30-31-61-47)55-48(50(59)60-51(2,3)4)46-34-44(35-54-46)62-52(39-19-8-5-9-20-39,40-21-10-6-11-22-40)41-23-12-7-13-24-41/h5-13,15,18-26,28,30-33,44,46,48,54-55H,14,16-17,27,29,34-35H2,1-4H3,(H,56,58). The number of nitrogens with zero attached hydrogens (tertiary/aromatic N) is 1. The summed E-state index contributed by atoms with van der Waals surface area (Å²) in [5, 5.41) is 13.5. The number of benzene rings is 5. The molecule has 1 aliphatic rings. The van der Waals surface area contributed by atoms with Gasteiger partial charge in [0.15, 0.2) is 0 Å². The molecule has 0 bridgehead atoms. The SMILES string of the molecule is CC(=O)CCCc1cccc(NC(=O)c2cc(NC(C(=O)OC(C)(C)C)C3CC(SC(c4ccccc4)(c4ccccc4)c4ccccc4)CN3)ccc2CCc2nccs2)c1. The van der Waals surface area contributed by atoms with Crippen molar-refractivity contribution in [2.24, 2.45) is 0 Å². The number of esters is 1. The van der Waals surface area contributed by atoms with E-state index in [1.807, 2.05) is 80.4 Å². The number of nitrogens with one attached hydrogen (secondary N) is 3. The number of aryl methyl sites for hydroxylation is 3. The number of thiazole rings is 1. The highest BCUT2D eigenvalue weighted by molar-refractivity contribution is 8.01. The van der Waals surface area contributed by atoms with Crippen LogP contribution in [0.15, 0.2) is 145 Å². The molecule has 10 heteroatoms. The summed E-state index contributed by atoms with van der Waals surface area (Å²) in [6.45, 7) is 7.94. The summed E-state index contributed by atoms with van der Waals surface area (Å²) in [5.74, 6) is -0.436. The first kappa shape index (κ1) is 44.5.